The fraction of sp³-hybridized carbons (Fsp3) is 0.611. The average Bonchev–Trinajstić information content (AvgIpc) is 2.54. The van der Waals surface area contributed by atoms with Crippen LogP contribution in [0.15, 0.2) is 30.3 Å². The van der Waals surface area contributed by atoms with E-state index in [2.05, 4.69) is 41.4 Å². The van der Waals surface area contributed by atoms with Crippen molar-refractivity contribution in [2.24, 2.45) is 5.92 Å². The molecule has 1 saturated heterocycles. The highest BCUT2D eigenvalue weighted by Crippen LogP contribution is 2.21. The third-order valence-electron chi connectivity index (χ3n) is 4.33. The first-order chi connectivity index (χ1) is 10.7. The van der Waals surface area contributed by atoms with E-state index in [1.165, 1.54) is 31.9 Å². The van der Waals surface area contributed by atoms with Crippen molar-refractivity contribution in [2.75, 3.05) is 26.7 Å². The van der Waals surface area contributed by atoms with E-state index in [1.807, 2.05) is 6.07 Å². The quantitative estimate of drug-likeness (QED) is 0.786. The van der Waals surface area contributed by atoms with Crippen LogP contribution in [0.25, 0.3) is 0 Å². The monoisotopic (exact) mass is 304 g/mol. The second-order valence-corrected chi connectivity index (χ2v) is 6.22. The maximum atomic E-state index is 11.5. The van der Waals surface area contributed by atoms with E-state index in [-0.39, 0.29) is 5.97 Å². The van der Waals surface area contributed by atoms with Gasteiger partial charge in [-0.15, -0.1) is 0 Å². The summed E-state index contributed by atoms with van der Waals surface area (Å²) in [7, 11) is 1.46. The average molecular weight is 304 g/mol. The molecule has 4 nitrogen and oxygen atoms in total. The van der Waals surface area contributed by atoms with Crippen molar-refractivity contribution in [3.8, 4) is 0 Å². The van der Waals surface area contributed by atoms with Gasteiger partial charge >= 0.3 is 5.97 Å². The molecule has 4 heteroatoms. The molecule has 0 radical (unpaired) electrons. The standard InChI is InChI=1S/C18H28N2O2/c1-3-7-16-10-17(13-20(12-16)14-18(21)22-2)19-11-15-8-5-4-6-9-15/h4-6,8-9,16-17,19H,3,7,10-14H2,1-2H3. The molecule has 2 atom stereocenters. The summed E-state index contributed by atoms with van der Waals surface area (Å²) in [6, 6.07) is 10.9. The number of benzene rings is 1. The summed E-state index contributed by atoms with van der Waals surface area (Å²) in [4.78, 5) is 13.8. The first-order valence-electron chi connectivity index (χ1n) is 8.27. The number of ether oxygens (including phenoxy) is 1. The van der Waals surface area contributed by atoms with Crippen LogP contribution >= 0.6 is 0 Å². The van der Waals surface area contributed by atoms with Crippen molar-refractivity contribution in [2.45, 2.75) is 38.8 Å². The van der Waals surface area contributed by atoms with Crippen LogP contribution in [0.1, 0.15) is 31.7 Å². The van der Waals surface area contributed by atoms with Gasteiger partial charge in [0.05, 0.1) is 13.7 Å². The molecule has 1 aromatic carbocycles. The number of hydrogen-bond donors (Lipinski definition) is 1. The minimum absolute atomic E-state index is 0.140. The Morgan fingerprint density at radius 3 is 2.77 bits per heavy atom. The Kier molecular flexibility index (Phi) is 6.87. The Balaban J connectivity index is 1.89. The number of rotatable bonds is 7. The van der Waals surface area contributed by atoms with Gasteiger partial charge in [-0.25, -0.2) is 0 Å². The molecule has 0 bridgehead atoms. The molecule has 1 aliphatic heterocycles. The van der Waals surface area contributed by atoms with E-state index in [0.717, 1.165) is 19.6 Å². The molecule has 0 aliphatic carbocycles. The fourth-order valence-corrected chi connectivity index (χ4v) is 3.30. The summed E-state index contributed by atoms with van der Waals surface area (Å²) in [6.07, 6.45) is 3.61. The van der Waals surface area contributed by atoms with Crippen molar-refractivity contribution in [3.05, 3.63) is 35.9 Å². The van der Waals surface area contributed by atoms with Crippen LogP contribution in [0.2, 0.25) is 0 Å². The van der Waals surface area contributed by atoms with Gasteiger partial charge in [0, 0.05) is 25.7 Å². The molecule has 1 aliphatic rings. The topological polar surface area (TPSA) is 41.6 Å². The zero-order valence-corrected chi connectivity index (χ0v) is 13.8. The van der Waals surface area contributed by atoms with Crippen LogP contribution in [0, 0.1) is 5.92 Å². The molecule has 1 fully saturated rings. The van der Waals surface area contributed by atoms with Crippen molar-refractivity contribution < 1.29 is 9.53 Å². The van der Waals surface area contributed by atoms with Gasteiger partial charge < -0.3 is 10.1 Å². The molecular formula is C18H28N2O2. The first kappa shape index (κ1) is 17.0. The van der Waals surface area contributed by atoms with Crippen molar-refractivity contribution in [3.63, 3.8) is 0 Å². The lowest BCUT2D eigenvalue weighted by Crippen LogP contribution is -2.50. The van der Waals surface area contributed by atoms with Crippen LogP contribution in [-0.2, 0) is 16.1 Å². The highest BCUT2D eigenvalue weighted by Gasteiger charge is 2.27. The van der Waals surface area contributed by atoms with Gasteiger partial charge in [0.25, 0.3) is 0 Å². The molecule has 2 unspecified atom stereocenters. The predicted molar refractivity (Wildman–Crippen MR) is 88.5 cm³/mol. The van der Waals surface area contributed by atoms with Gasteiger partial charge in [-0.05, 0) is 24.3 Å². The van der Waals surface area contributed by atoms with E-state index in [9.17, 15) is 4.79 Å². The zero-order valence-electron chi connectivity index (χ0n) is 13.8. The molecule has 0 spiro atoms. The largest absolute Gasteiger partial charge is 0.468 e. The minimum Gasteiger partial charge on any atom is -0.468 e. The van der Waals surface area contributed by atoms with Crippen LogP contribution in [0.3, 0.4) is 0 Å². The number of methoxy groups -OCH3 is 1. The van der Waals surface area contributed by atoms with E-state index < -0.39 is 0 Å². The number of nitrogens with one attached hydrogen (secondary N) is 1. The van der Waals surface area contributed by atoms with Crippen molar-refractivity contribution in [1.82, 2.24) is 10.2 Å². The molecule has 2 rings (SSSR count). The molecule has 1 aromatic rings. The summed E-state index contributed by atoms with van der Waals surface area (Å²) in [5, 5.41) is 3.65. The summed E-state index contributed by atoms with van der Waals surface area (Å²) >= 11 is 0. The Morgan fingerprint density at radius 2 is 2.09 bits per heavy atom. The number of hydrogen-bond acceptors (Lipinski definition) is 4. The van der Waals surface area contributed by atoms with E-state index in [4.69, 9.17) is 4.74 Å². The summed E-state index contributed by atoms with van der Waals surface area (Å²) < 4.78 is 4.81. The van der Waals surface area contributed by atoms with E-state index in [0.29, 0.717) is 18.5 Å². The van der Waals surface area contributed by atoms with Crippen LogP contribution in [0.4, 0.5) is 0 Å². The third-order valence-corrected chi connectivity index (χ3v) is 4.33. The third kappa shape index (κ3) is 5.43. The highest BCUT2D eigenvalue weighted by atomic mass is 16.5. The summed E-state index contributed by atoms with van der Waals surface area (Å²) in [5.41, 5.74) is 1.31. The minimum atomic E-state index is -0.140. The second kappa shape index (κ2) is 8.91. The van der Waals surface area contributed by atoms with Gasteiger partial charge in [0.2, 0.25) is 0 Å². The molecule has 122 valence electrons. The van der Waals surface area contributed by atoms with Gasteiger partial charge in [0.1, 0.15) is 0 Å². The van der Waals surface area contributed by atoms with Crippen LogP contribution < -0.4 is 5.32 Å². The Bertz CT molecular complexity index is 450. The molecule has 1 N–H and O–H groups in total. The van der Waals surface area contributed by atoms with Gasteiger partial charge in [-0.3, -0.25) is 9.69 Å². The number of likely N-dealkylation sites (tertiary alicyclic amines) is 1. The fourth-order valence-electron chi connectivity index (χ4n) is 3.30. The number of piperidine rings is 1. The SMILES string of the molecule is CCCC1CC(NCc2ccccc2)CN(CC(=O)OC)C1. The summed E-state index contributed by atoms with van der Waals surface area (Å²) in [5.74, 6) is 0.524. The molecular weight excluding hydrogens is 276 g/mol. The van der Waals surface area contributed by atoms with Gasteiger partial charge in [0.15, 0.2) is 0 Å². The second-order valence-electron chi connectivity index (χ2n) is 6.22. The highest BCUT2D eigenvalue weighted by molar-refractivity contribution is 5.71. The normalized spacial score (nSPS) is 22.5. The molecule has 0 aromatic heterocycles. The molecule has 0 amide bonds. The van der Waals surface area contributed by atoms with Crippen LogP contribution in [-0.4, -0.2) is 43.7 Å². The lowest BCUT2D eigenvalue weighted by Gasteiger charge is -2.37. The van der Waals surface area contributed by atoms with E-state index in [1.54, 1.807) is 0 Å². The molecule has 0 saturated carbocycles. The smallest absolute Gasteiger partial charge is 0.319 e. The van der Waals surface area contributed by atoms with Gasteiger partial charge in [-0.1, -0.05) is 43.7 Å². The predicted octanol–water partition coefficient (Wildman–Crippen LogP) is 2.44. The molecule has 1 heterocycles. The maximum Gasteiger partial charge on any atom is 0.319 e. The first-order valence-corrected chi connectivity index (χ1v) is 8.27. The van der Waals surface area contributed by atoms with Crippen molar-refractivity contribution in [1.29, 1.82) is 0 Å². The Labute approximate surface area is 133 Å². The lowest BCUT2D eigenvalue weighted by molar-refractivity contribution is -0.142. The summed E-state index contributed by atoms with van der Waals surface area (Å²) in [6.45, 7) is 5.44. The van der Waals surface area contributed by atoms with E-state index >= 15 is 0 Å². The maximum absolute atomic E-state index is 11.5. The van der Waals surface area contributed by atoms with Crippen LogP contribution in [0.5, 0.6) is 0 Å². The lowest BCUT2D eigenvalue weighted by atomic mass is 9.90. The number of nitrogens with zero attached hydrogens (tertiary/aromatic N) is 1. The molecule has 22 heavy (non-hydrogen) atoms. The number of esters is 1. The van der Waals surface area contributed by atoms with Gasteiger partial charge in [-0.2, -0.15) is 0 Å². The zero-order chi connectivity index (χ0) is 15.8. The Morgan fingerprint density at radius 1 is 1.32 bits per heavy atom. The number of carbonyl (C=O) groups is 1. The van der Waals surface area contributed by atoms with Crippen molar-refractivity contribution >= 4 is 5.97 Å². The number of carbonyl (C=O) groups excluding carboxylic acids is 1. The Hall–Kier alpha value is -1.39.